The lowest BCUT2D eigenvalue weighted by atomic mass is 9.88. The Hall–Kier alpha value is -1.95. The van der Waals surface area contributed by atoms with Crippen LogP contribution >= 0.6 is 0 Å². The second-order valence-electron chi connectivity index (χ2n) is 7.50. The predicted octanol–water partition coefficient (Wildman–Crippen LogP) is 3.85. The molecule has 1 saturated heterocycles. The summed E-state index contributed by atoms with van der Waals surface area (Å²) in [6.45, 7) is 4.00. The van der Waals surface area contributed by atoms with Gasteiger partial charge in [0.05, 0.1) is 10.9 Å². The van der Waals surface area contributed by atoms with Crippen LogP contribution in [0.5, 0.6) is 0 Å². The fourth-order valence-electron chi connectivity index (χ4n) is 4.22. The molecule has 0 radical (unpaired) electrons. The van der Waals surface area contributed by atoms with E-state index in [1.54, 1.807) is 23.5 Å². The van der Waals surface area contributed by atoms with Gasteiger partial charge in [0.25, 0.3) is 0 Å². The molecule has 0 saturated carbocycles. The van der Waals surface area contributed by atoms with E-state index in [4.69, 9.17) is 0 Å². The number of aryl methyl sites for hydroxylation is 1. The Morgan fingerprint density at radius 3 is 2.37 bits per heavy atom. The zero-order valence-electron chi connectivity index (χ0n) is 15.9. The Kier molecular flexibility index (Phi) is 4.93. The fourth-order valence-corrected chi connectivity index (χ4v) is 5.57. The number of likely N-dealkylation sites (N-methyl/N-ethyl adjacent to an activating group) is 1. The average molecular weight is 383 g/mol. The van der Waals surface area contributed by atoms with E-state index < -0.39 is 10.0 Å². The van der Waals surface area contributed by atoms with Crippen molar-refractivity contribution in [2.75, 3.05) is 20.1 Å². The van der Waals surface area contributed by atoms with E-state index in [1.165, 1.54) is 12.8 Å². The lowest BCUT2D eigenvalue weighted by Crippen LogP contribution is -2.46. The van der Waals surface area contributed by atoms with Crippen molar-refractivity contribution >= 4 is 16.1 Å². The normalized spacial score (nSPS) is 22.9. The van der Waals surface area contributed by atoms with Crippen molar-refractivity contribution < 1.29 is 8.42 Å². The number of hydrogen-bond donors (Lipinski definition) is 0. The maximum atomic E-state index is 13.4. The molecule has 2 atom stereocenters. The Labute approximate surface area is 162 Å². The van der Waals surface area contributed by atoms with Crippen LogP contribution in [0.15, 0.2) is 59.5 Å². The van der Waals surface area contributed by atoms with Gasteiger partial charge in [-0.2, -0.15) is 4.31 Å². The summed E-state index contributed by atoms with van der Waals surface area (Å²) in [7, 11) is -1.87. The van der Waals surface area contributed by atoms with Gasteiger partial charge in [-0.05, 0) is 56.1 Å². The van der Waals surface area contributed by atoms with Gasteiger partial charge in [-0.15, -0.1) is 0 Å². The van der Waals surface area contributed by atoms with Crippen LogP contribution in [0.1, 0.15) is 35.6 Å². The van der Waals surface area contributed by atoms with Crippen molar-refractivity contribution in [3.8, 4) is 0 Å². The second kappa shape index (κ2) is 7.23. The minimum absolute atomic E-state index is 0.0626. The SMILES string of the molecule is Cc1ccc(S(=O)(=O)N(C)[C@@H]2c3ccccc3C=C[C@H]2N2CCCC2)cc1. The quantitative estimate of drug-likeness (QED) is 0.806. The van der Waals surface area contributed by atoms with Gasteiger partial charge in [-0.1, -0.05) is 54.1 Å². The molecule has 0 aromatic heterocycles. The summed E-state index contributed by atoms with van der Waals surface area (Å²) >= 11 is 0. The Bertz CT molecular complexity index is 945. The van der Waals surface area contributed by atoms with Gasteiger partial charge in [0.2, 0.25) is 10.0 Å². The van der Waals surface area contributed by atoms with Gasteiger partial charge in [0.1, 0.15) is 0 Å². The maximum absolute atomic E-state index is 13.4. The third kappa shape index (κ3) is 3.35. The third-order valence-corrected chi connectivity index (χ3v) is 7.62. The van der Waals surface area contributed by atoms with Crippen molar-refractivity contribution in [2.45, 2.75) is 36.7 Å². The number of hydrogen-bond acceptors (Lipinski definition) is 3. The lowest BCUT2D eigenvalue weighted by Gasteiger charge is -2.40. The molecular weight excluding hydrogens is 356 g/mol. The van der Waals surface area contributed by atoms with Crippen LogP contribution in [-0.2, 0) is 10.0 Å². The van der Waals surface area contributed by atoms with E-state index in [-0.39, 0.29) is 12.1 Å². The number of rotatable bonds is 4. The van der Waals surface area contributed by atoms with Crippen LogP contribution in [0.3, 0.4) is 0 Å². The van der Waals surface area contributed by atoms with Gasteiger partial charge in [-0.3, -0.25) is 4.90 Å². The molecule has 2 aromatic carbocycles. The Balaban J connectivity index is 1.77. The molecule has 4 nitrogen and oxygen atoms in total. The van der Waals surface area contributed by atoms with Crippen LogP contribution < -0.4 is 0 Å². The first-order valence-corrected chi connectivity index (χ1v) is 11.0. The molecule has 0 N–H and O–H groups in total. The smallest absolute Gasteiger partial charge is 0.243 e. The molecule has 0 bridgehead atoms. The van der Waals surface area contributed by atoms with Crippen molar-refractivity contribution in [1.82, 2.24) is 9.21 Å². The molecule has 4 rings (SSSR count). The first-order chi connectivity index (χ1) is 13.0. The molecule has 1 aliphatic heterocycles. The minimum atomic E-state index is -3.59. The zero-order chi connectivity index (χ0) is 19.0. The molecule has 2 aliphatic rings. The Morgan fingerprint density at radius 2 is 1.67 bits per heavy atom. The summed E-state index contributed by atoms with van der Waals surface area (Å²) in [4.78, 5) is 2.76. The highest BCUT2D eigenvalue weighted by molar-refractivity contribution is 7.89. The van der Waals surface area contributed by atoms with E-state index in [2.05, 4.69) is 29.2 Å². The molecule has 2 aromatic rings. The summed E-state index contributed by atoms with van der Waals surface area (Å²) in [6.07, 6.45) is 6.67. The first-order valence-electron chi connectivity index (χ1n) is 9.54. The molecule has 27 heavy (non-hydrogen) atoms. The van der Waals surface area contributed by atoms with Crippen molar-refractivity contribution in [3.63, 3.8) is 0 Å². The van der Waals surface area contributed by atoms with Crippen molar-refractivity contribution in [3.05, 3.63) is 71.3 Å². The molecule has 0 spiro atoms. The van der Waals surface area contributed by atoms with E-state index in [1.807, 2.05) is 31.2 Å². The summed E-state index contributed by atoms with van der Waals surface area (Å²) in [5.41, 5.74) is 3.23. The zero-order valence-corrected chi connectivity index (χ0v) is 16.7. The average Bonchev–Trinajstić information content (AvgIpc) is 3.21. The van der Waals surface area contributed by atoms with Crippen LogP contribution in [0.2, 0.25) is 0 Å². The van der Waals surface area contributed by atoms with Gasteiger partial charge in [0.15, 0.2) is 0 Å². The van der Waals surface area contributed by atoms with E-state index in [0.717, 1.165) is 29.8 Å². The maximum Gasteiger partial charge on any atom is 0.243 e. The predicted molar refractivity (Wildman–Crippen MR) is 109 cm³/mol. The van der Waals surface area contributed by atoms with Crippen molar-refractivity contribution in [1.29, 1.82) is 0 Å². The van der Waals surface area contributed by atoms with Crippen molar-refractivity contribution in [2.24, 2.45) is 0 Å². The number of nitrogens with zero attached hydrogens (tertiary/aromatic N) is 2. The third-order valence-electron chi connectivity index (χ3n) is 5.76. The van der Waals surface area contributed by atoms with E-state index in [0.29, 0.717) is 4.90 Å². The number of fused-ring (bicyclic) bond motifs is 1. The summed E-state index contributed by atoms with van der Waals surface area (Å²) < 4.78 is 28.4. The number of likely N-dealkylation sites (tertiary alicyclic amines) is 1. The highest BCUT2D eigenvalue weighted by Gasteiger charge is 2.39. The van der Waals surface area contributed by atoms with Crippen LogP contribution in [0, 0.1) is 6.92 Å². The standard InChI is InChI=1S/C22H26N2O2S/c1-17-9-12-19(13-10-17)27(25,26)23(2)22-20-8-4-3-7-18(20)11-14-21(22)24-15-5-6-16-24/h3-4,7-14,21-22H,5-6,15-16H2,1-2H3/t21-,22-/m1/s1. The number of benzene rings is 2. The molecule has 1 heterocycles. The fraction of sp³-hybridized carbons (Fsp3) is 0.364. The monoisotopic (exact) mass is 382 g/mol. The molecule has 5 heteroatoms. The lowest BCUT2D eigenvalue weighted by molar-refractivity contribution is 0.191. The van der Waals surface area contributed by atoms with Crippen LogP contribution in [0.25, 0.3) is 6.08 Å². The highest BCUT2D eigenvalue weighted by Crippen LogP contribution is 2.38. The summed E-state index contributed by atoms with van der Waals surface area (Å²) in [5, 5.41) is 0. The molecule has 0 unspecified atom stereocenters. The molecular formula is C22H26N2O2S. The van der Waals surface area contributed by atoms with Gasteiger partial charge in [0, 0.05) is 13.1 Å². The summed E-state index contributed by atoms with van der Waals surface area (Å²) in [5.74, 6) is 0. The molecule has 1 aliphatic carbocycles. The molecule has 0 amide bonds. The van der Waals surface area contributed by atoms with E-state index >= 15 is 0 Å². The first kappa shape index (κ1) is 18.4. The molecule has 142 valence electrons. The van der Waals surface area contributed by atoms with E-state index in [9.17, 15) is 8.42 Å². The molecule has 1 fully saturated rings. The van der Waals surface area contributed by atoms with Gasteiger partial charge in [-0.25, -0.2) is 8.42 Å². The van der Waals surface area contributed by atoms with Crippen LogP contribution in [0.4, 0.5) is 0 Å². The topological polar surface area (TPSA) is 40.6 Å². The number of sulfonamides is 1. The Morgan fingerprint density at radius 1 is 1.00 bits per heavy atom. The van der Waals surface area contributed by atoms with Gasteiger partial charge >= 0.3 is 0 Å². The largest absolute Gasteiger partial charge is 0.295 e. The summed E-state index contributed by atoms with van der Waals surface area (Å²) in [6, 6.07) is 15.1. The van der Waals surface area contributed by atoms with Gasteiger partial charge < -0.3 is 0 Å². The second-order valence-corrected chi connectivity index (χ2v) is 9.50. The minimum Gasteiger partial charge on any atom is -0.295 e. The highest BCUT2D eigenvalue weighted by atomic mass is 32.2. The van der Waals surface area contributed by atoms with Crippen LogP contribution in [-0.4, -0.2) is 43.8 Å².